The predicted molar refractivity (Wildman–Crippen MR) is 222 cm³/mol. The van der Waals surface area contributed by atoms with E-state index in [9.17, 15) is 28.8 Å². The standard InChI is InChI=1S/C45H46N6O9/c1-27-24-33(48-39(52)34-16-10-22-50(34)41(54)37(49-44(57)58-3)29-12-6-4-7-13-29)25-30-26-36(59-38(27)30)28-18-20-32(21-19-28)47-40(53)35-17-11-23-51(35)42(55)45(2,60-43(46)56)31-14-8-5-9-15-31/h4-9,12-15,18-21,24-26,34-35,37H,10-11,16-17,22-23H2,1-3H3,(H2,46,56)(H,47,53)(H,48,52)(H,49,57)/t34-,35-,37+,45+/m0/s1. The van der Waals surface area contributed by atoms with Gasteiger partial charge in [0.2, 0.25) is 17.4 Å². The number of amides is 6. The number of alkyl carbamates (subject to hydrolysis) is 1. The number of methoxy groups -OCH3 is 1. The number of fused-ring (bicyclic) bond motifs is 1. The molecule has 0 unspecified atom stereocenters. The maximum Gasteiger partial charge on any atom is 0.407 e. The number of furan rings is 1. The van der Waals surface area contributed by atoms with Crippen LogP contribution in [-0.2, 0) is 34.3 Å². The minimum atomic E-state index is -1.72. The molecule has 2 aliphatic rings. The summed E-state index contributed by atoms with van der Waals surface area (Å²) in [5.74, 6) is -1.11. The van der Waals surface area contributed by atoms with Crippen molar-refractivity contribution in [3.63, 3.8) is 0 Å². The summed E-state index contributed by atoms with van der Waals surface area (Å²) >= 11 is 0. The van der Waals surface area contributed by atoms with Crippen molar-refractivity contribution in [1.29, 1.82) is 0 Å². The molecule has 310 valence electrons. The van der Waals surface area contributed by atoms with E-state index in [1.165, 1.54) is 23.8 Å². The number of rotatable bonds is 11. The zero-order valence-electron chi connectivity index (χ0n) is 33.4. The number of likely N-dealkylation sites (tertiary alicyclic amines) is 2. The number of hydrogen-bond acceptors (Lipinski definition) is 9. The number of hydrogen-bond donors (Lipinski definition) is 4. The molecule has 1 aromatic heterocycles. The van der Waals surface area contributed by atoms with Crippen LogP contribution in [0.15, 0.2) is 108 Å². The van der Waals surface area contributed by atoms with Gasteiger partial charge >= 0.3 is 12.2 Å². The van der Waals surface area contributed by atoms with E-state index in [0.717, 1.165) is 16.5 Å². The highest BCUT2D eigenvalue weighted by Gasteiger charge is 2.47. The first-order chi connectivity index (χ1) is 28.9. The van der Waals surface area contributed by atoms with Crippen LogP contribution in [0.25, 0.3) is 22.3 Å². The van der Waals surface area contributed by atoms with Crippen LogP contribution in [0.4, 0.5) is 21.0 Å². The number of nitrogens with two attached hydrogens (primary N) is 1. The molecule has 15 nitrogen and oxygen atoms in total. The first kappa shape index (κ1) is 41.0. The van der Waals surface area contributed by atoms with Gasteiger partial charge in [-0.25, -0.2) is 9.59 Å². The molecule has 60 heavy (non-hydrogen) atoms. The van der Waals surface area contributed by atoms with Crippen LogP contribution in [-0.4, -0.2) is 77.9 Å². The zero-order valence-corrected chi connectivity index (χ0v) is 33.4. The van der Waals surface area contributed by atoms with Crippen LogP contribution in [0.1, 0.15) is 55.3 Å². The molecular weight excluding hydrogens is 769 g/mol. The van der Waals surface area contributed by atoms with Crippen molar-refractivity contribution in [1.82, 2.24) is 15.1 Å². The van der Waals surface area contributed by atoms with E-state index in [4.69, 9.17) is 19.6 Å². The third-order valence-electron chi connectivity index (χ3n) is 11.0. The van der Waals surface area contributed by atoms with Gasteiger partial charge < -0.3 is 45.4 Å². The van der Waals surface area contributed by atoms with Gasteiger partial charge in [0, 0.05) is 41.0 Å². The number of carbonyl (C=O) groups is 6. The summed E-state index contributed by atoms with van der Waals surface area (Å²) in [5.41, 5.74) is 7.85. The van der Waals surface area contributed by atoms with Crippen molar-refractivity contribution in [3.05, 3.63) is 120 Å². The highest BCUT2D eigenvalue weighted by atomic mass is 16.6. The van der Waals surface area contributed by atoms with Gasteiger partial charge in [0.25, 0.3) is 11.8 Å². The number of nitrogens with one attached hydrogen (secondary N) is 3. The van der Waals surface area contributed by atoms with Gasteiger partial charge in [0.1, 0.15) is 29.5 Å². The van der Waals surface area contributed by atoms with E-state index in [1.807, 2.05) is 19.1 Å². The average Bonchev–Trinajstić information content (AvgIpc) is 4.04. The monoisotopic (exact) mass is 814 g/mol. The molecule has 0 saturated carbocycles. The van der Waals surface area contributed by atoms with E-state index in [2.05, 4.69) is 16.0 Å². The number of carbonyl (C=O) groups excluding carboxylic acids is 6. The molecule has 2 saturated heterocycles. The fourth-order valence-electron chi connectivity index (χ4n) is 8.03. The van der Waals surface area contributed by atoms with Crippen LogP contribution in [0.3, 0.4) is 0 Å². The van der Waals surface area contributed by atoms with Crippen LogP contribution in [0.2, 0.25) is 0 Å². The van der Waals surface area contributed by atoms with Crippen LogP contribution >= 0.6 is 0 Å². The molecule has 3 heterocycles. The third-order valence-corrected chi connectivity index (χ3v) is 11.0. The fraction of sp³-hybridized carbons (Fsp3) is 0.289. The third kappa shape index (κ3) is 8.51. The highest BCUT2D eigenvalue weighted by molar-refractivity contribution is 6.01. The van der Waals surface area contributed by atoms with Crippen LogP contribution in [0.5, 0.6) is 0 Å². The summed E-state index contributed by atoms with van der Waals surface area (Å²) in [6, 6.07) is 27.4. The molecule has 0 spiro atoms. The summed E-state index contributed by atoms with van der Waals surface area (Å²) < 4.78 is 16.4. The van der Waals surface area contributed by atoms with E-state index in [-0.39, 0.29) is 11.8 Å². The minimum Gasteiger partial charge on any atom is -0.456 e. The zero-order chi connectivity index (χ0) is 42.6. The molecule has 0 aliphatic carbocycles. The molecule has 0 bridgehead atoms. The Morgan fingerprint density at radius 1 is 0.783 bits per heavy atom. The van der Waals surface area contributed by atoms with Crippen molar-refractivity contribution < 1.29 is 42.7 Å². The van der Waals surface area contributed by atoms with Crippen molar-refractivity contribution in [2.24, 2.45) is 5.73 Å². The number of benzene rings is 4. The highest BCUT2D eigenvalue weighted by Crippen LogP contribution is 2.35. The second-order valence-electron chi connectivity index (χ2n) is 15.0. The SMILES string of the molecule is COC(=O)N[C@@H](C(=O)N1CCC[C@H]1C(=O)Nc1cc(C)c2oc(-c3ccc(NC(=O)[C@@H]4CCCN4C(=O)[C@](C)(OC(N)=O)c4ccccc4)cc3)cc2c1)c1ccccc1. The number of aryl methyl sites for hydroxylation is 1. The van der Waals surface area contributed by atoms with Crippen LogP contribution < -0.4 is 21.7 Å². The summed E-state index contributed by atoms with van der Waals surface area (Å²) in [6.07, 6.45) is 0.238. The van der Waals surface area contributed by atoms with E-state index in [0.29, 0.717) is 72.6 Å². The molecule has 5 N–H and O–H groups in total. The largest absolute Gasteiger partial charge is 0.456 e. The normalized spacial score (nSPS) is 17.6. The Bertz CT molecular complexity index is 2420. The maximum atomic E-state index is 13.9. The van der Waals surface area contributed by atoms with Gasteiger partial charge in [-0.1, -0.05) is 60.7 Å². The molecule has 7 rings (SSSR count). The van der Waals surface area contributed by atoms with E-state index >= 15 is 0 Å². The summed E-state index contributed by atoms with van der Waals surface area (Å²) in [5, 5.41) is 9.26. The second kappa shape index (κ2) is 17.4. The first-order valence-corrected chi connectivity index (χ1v) is 19.7. The van der Waals surface area contributed by atoms with E-state index < -0.39 is 47.7 Å². The molecule has 0 radical (unpaired) electrons. The topological polar surface area (TPSA) is 203 Å². The lowest BCUT2D eigenvalue weighted by atomic mass is 9.93. The fourth-order valence-corrected chi connectivity index (χ4v) is 8.03. The first-order valence-electron chi connectivity index (χ1n) is 19.7. The number of ether oxygens (including phenoxy) is 2. The lowest BCUT2D eigenvalue weighted by molar-refractivity contribution is -0.153. The quantitative estimate of drug-likeness (QED) is 0.117. The lowest BCUT2D eigenvalue weighted by Gasteiger charge is -2.34. The molecular formula is C45H46N6O9. The van der Waals surface area contributed by atoms with E-state index in [1.54, 1.807) is 91.0 Å². The summed E-state index contributed by atoms with van der Waals surface area (Å²) in [6.45, 7) is 4.01. The molecule has 4 aromatic carbocycles. The molecule has 2 aliphatic heterocycles. The van der Waals surface area contributed by atoms with Gasteiger partial charge in [-0.15, -0.1) is 0 Å². The summed E-state index contributed by atoms with van der Waals surface area (Å²) in [4.78, 5) is 82.0. The Morgan fingerprint density at radius 3 is 2.02 bits per heavy atom. The number of nitrogens with zero attached hydrogens (tertiary/aromatic N) is 2. The smallest absolute Gasteiger partial charge is 0.407 e. The number of primary amides is 1. The Balaban J connectivity index is 1.02. The van der Waals surface area contributed by atoms with Crippen molar-refractivity contribution >= 4 is 58.2 Å². The van der Waals surface area contributed by atoms with Crippen LogP contribution in [0, 0.1) is 6.92 Å². The summed E-state index contributed by atoms with van der Waals surface area (Å²) in [7, 11) is 1.22. The van der Waals surface area contributed by atoms with Crippen molar-refractivity contribution in [3.8, 4) is 11.3 Å². The van der Waals surface area contributed by atoms with Gasteiger partial charge in [-0.3, -0.25) is 19.2 Å². The Labute approximate surface area is 346 Å². The van der Waals surface area contributed by atoms with Gasteiger partial charge in [-0.2, -0.15) is 0 Å². The van der Waals surface area contributed by atoms with Gasteiger partial charge in [-0.05, 0) is 93.1 Å². The Hall–Kier alpha value is -7.16. The second-order valence-corrected chi connectivity index (χ2v) is 15.0. The molecule has 4 atom stereocenters. The van der Waals surface area contributed by atoms with Gasteiger partial charge in [0.15, 0.2) is 0 Å². The minimum absolute atomic E-state index is 0.307. The lowest BCUT2D eigenvalue weighted by Crippen LogP contribution is -2.52. The van der Waals surface area contributed by atoms with Crippen molar-refractivity contribution in [2.75, 3.05) is 30.8 Å². The Kier molecular flexibility index (Phi) is 11.9. The van der Waals surface area contributed by atoms with Gasteiger partial charge in [0.05, 0.1) is 7.11 Å². The average molecular weight is 815 g/mol. The molecule has 15 heteroatoms. The predicted octanol–water partition coefficient (Wildman–Crippen LogP) is 6.38. The van der Waals surface area contributed by atoms with Crippen molar-refractivity contribution in [2.45, 2.75) is 63.3 Å². The molecule has 5 aromatic rings. The maximum absolute atomic E-state index is 13.9. The number of anilines is 2. The Morgan fingerprint density at radius 2 is 1.38 bits per heavy atom. The molecule has 2 fully saturated rings. The molecule has 6 amide bonds.